The van der Waals surface area contributed by atoms with Gasteiger partial charge in [-0.1, -0.05) is 26.0 Å². The molecule has 2 heterocycles. The third-order valence-electron chi connectivity index (χ3n) is 5.16. The second-order valence-corrected chi connectivity index (χ2v) is 9.03. The first kappa shape index (κ1) is 21.8. The number of nitrogens with one attached hydrogen (secondary N) is 1. The maximum atomic E-state index is 13.0. The number of aromatic nitrogens is 3. The summed E-state index contributed by atoms with van der Waals surface area (Å²) in [5.74, 6) is -0.145. The molecule has 1 saturated heterocycles. The van der Waals surface area contributed by atoms with Gasteiger partial charge in [0.1, 0.15) is 18.3 Å². The minimum Gasteiger partial charge on any atom is -0.444 e. The number of carbonyl (C=O) groups excluding carboxylic acids is 2. The molecule has 3 rings (SSSR count). The zero-order chi connectivity index (χ0) is 21.9. The predicted octanol–water partition coefficient (Wildman–Crippen LogP) is 3.17. The van der Waals surface area contributed by atoms with Crippen LogP contribution in [-0.4, -0.2) is 49.9 Å². The number of carbonyl (C=O) groups is 2. The molecule has 30 heavy (non-hydrogen) atoms. The summed E-state index contributed by atoms with van der Waals surface area (Å²) in [5, 5.41) is 7.18. The van der Waals surface area contributed by atoms with Crippen molar-refractivity contribution in [2.24, 2.45) is 11.8 Å². The van der Waals surface area contributed by atoms with Crippen LogP contribution in [0.1, 0.15) is 46.6 Å². The van der Waals surface area contributed by atoms with Crippen LogP contribution in [0.25, 0.3) is 5.69 Å². The van der Waals surface area contributed by atoms with Gasteiger partial charge in [0.25, 0.3) is 0 Å². The van der Waals surface area contributed by atoms with E-state index in [1.54, 1.807) is 15.9 Å². The molecule has 1 aliphatic rings. The second-order valence-electron chi connectivity index (χ2n) is 9.03. The molecule has 0 bridgehead atoms. The summed E-state index contributed by atoms with van der Waals surface area (Å²) in [6, 6.07) is 7.61. The van der Waals surface area contributed by atoms with Crippen molar-refractivity contribution in [3.63, 3.8) is 0 Å². The van der Waals surface area contributed by atoms with Crippen molar-refractivity contribution in [3.05, 3.63) is 42.5 Å². The van der Waals surface area contributed by atoms with Crippen LogP contribution in [0.2, 0.25) is 0 Å². The Balaban J connectivity index is 1.65. The Labute approximate surface area is 177 Å². The monoisotopic (exact) mass is 413 g/mol. The highest BCUT2D eigenvalue weighted by Gasteiger charge is 2.43. The number of rotatable bonds is 5. The molecule has 1 aromatic carbocycles. The van der Waals surface area contributed by atoms with Gasteiger partial charge in [0.2, 0.25) is 5.91 Å². The first-order chi connectivity index (χ1) is 14.2. The zero-order valence-electron chi connectivity index (χ0n) is 18.3. The first-order valence-corrected chi connectivity index (χ1v) is 10.4. The number of hydrogen-bond donors (Lipinski definition) is 1. The summed E-state index contributed by atoms with van der Waals surface area (Å²) in [7, 11) is 0. The Kier molecular flexibility index (Phi) is 6.43. The number of nitrogens with zero attached hydrogens (tertiary/aromatic N) is 4. The molecule has 8 nitrogen and oxygen atoms in total. The molecule has 0 aliphatic carbocycles. The summed E-state index contributed by atoms with van der Waals surface area (Å²) in [5.41, 5.74) is 1.30. The van der Waals surface area contributed by atoms with E-state index in [-0.39, 0.29) is 29.9 Å². The summed E-state index contributed by atoms with van der Waals surface area (Å²) in [4.78, 5) is 31.3. The van der Waals surface area contributed by atoms with Gasteiger partial charge in [0.05, 0.1) is 11.6 Å². The largest absolute Gasteiger partial charge is 0.444 e. The first-order valence-electron chi connectivity index (χ1n) is 10.4. The number of likely N-dealkylation sites (tertiary alicyclic amines) is 1. The molecule has 0 unspecified atom stereocenters. The third-order valence-corrected chi connectivity index (χ3v) is 5.16. The molecule has 0 spiro atoms. The van der Waals surface area contributed by atoms with Crippen molar-refractivity contribution in [3.8, 4) is 5.69 Å². The van der Waals surface area contributed by atoms with E-state index in [1.807, 2.05) is 58.9 Å². The molecule has 2 amide bonds. The van der Waals surface area contributed by atoms with Gasteiger partial charge in [-0.25, -0.2) is 14.5 Å². The van der Waals surface area contributed by atoms with E-state index in [4.69, 9.17) is 4.74 Å². The molecular formula is C22H31N5O3. The molecule has 0 radical (unpaired) electrons. The van der Waals surface area contributed by atoms with Crippen LogP contribution in [0.3, 0.4) is 0 Å². The predicted molar refractivity (Wildman–Crippen MR) is 113 cm³/mol. The molecule has 1 fully saturated rings. The third kappa shape index (κ3) is 5.17. The van der Waals surface area contributed by atoms with Crippen molar-refractivity contribution in [2.45, 2.75) is 59.2 Å². The maximum absolute atomic E-state index is 13.0. The highest BCUT2D eigenvalue weighted by molar-refractivity contribution is 5.81. The Morgan fingerprint density at radius 2 is 2.07 bits per heavy atom. The summed E-state index contributed by atoms with van der Waals surface area (Å²) in [6.45, 7) is 10.6. The number of hydrogen-bond acceptors (Lipinski definition) is 5. The zero-order valence-corrected chi connectivity index (χ0v) is 18.3. The normalized spacial score (nSPS) is 19.2. The van der Waals surface area contributed by atoms with Crippen LogP contribution in [-0.2, 0) is 16.1 Å². The van der Waals surface area contributed by atoms with Crippen LogP contribution >= 0.6 is 0 Å². The van der Waals surface area contributed by atoms with Crippen LogP contribution in [0.5, 0.6) is 0 Å². The quantitative estimate of drug-likeness (QED) is 0.813. The number of ether oxygens (including phenoxy) is 1. The number of benzene rings is 1. The van der Waals surface area contributed by atoms with E-state index < -0.39 is 5.60 Å². The van der Waals surface area contributed by atoms with Crippen molar-refractivity contribution in [1.82, 2.24) is 25.0 Å². The standard InChI is InChI=1S/C22H31N5O3/c1-15(2)19-18(9-10-26(19)21(29)30-22(3,4)5)20(28)24-12-16-7-6-8-17(11-16)27-14-23-13-25-27/h6-8,11,13-15,18-19H,9-10,12H2,1-5H3,(H,24,28)/t18-,19+/m0/s1. The van der Waals surface area contributed by atoms with E-state index in [0.717, 1.165) is 11.3 Å². The molecule has 1 aromatic heterocycles. The average molecular weight is 414 g/mol. The Bertz CT molecular complexity index is 873. The lowest BCUT2D eigenvalue weighted by Crippen LogP contribution is -2.47. The minimum atomic E-state index is -0.561. The lowest BCUT2D eigenvalue weighted by Gasteiger charge is -2.32. The van der Waals surface area contributed by atoms with Gasteiger partial charge in [-0.2, -0.15) is 5.10 Å². The van der Waals surface area contributed by atoms with Crippen molar-refractivity contribution in [2.75, 3.05) is 6.54 Å². The Morgan fingerprint density at radius 1 is 1.30 bits per heavy atom. The highest BCUT2D eigenvalue weighted by Crippen LogP contribution is 2.31. The van der Waals surface area contributed by atoms with E-state index in [9.17, 15) is 9.59 Å². The minimum absolute atomic E-state index is 0.0362. The van der Waals surface area contributed by atoms with Gasteiger partial charge >= 0.3 is 6.09 Å². The fraction of sp³-hybridized carbons (Fsp3) is 0.545. The van der Waals surface area contributed by atoms with Gasteiger partial charge in [-0.3, -0.25) is 4.79 Å². The Hall–Kier alpha value is -2.90. The molecule has 2 aromatic rings. The molecule has 1 aliphatic heterocycles. The smallest absolute Gasteiger partial charge is 0.410 e. The lowest BCUT2D eigenvalue weighted by atomic mass is 9.90. The van der Waals surface area contributed by atoms with Crippen molar-refractivity contribution < 1.29 is 14.3 Å². The van der Waals surface area contributed by atoms with Crippen LogP contribution in [0.15, 0.2) is 36.9 Å². The van der Waals surface area contributed by atoms with E-state index in [0.29, 0.717) is 19.5 Å². The average Bonchev–Trinajstić information content (AvgIpc) is 3.34. The van der Waals surface area contributed by atoms with Gasteiger partial charge in [0, 0.05) is 19.1 Å². The molecule has 8 heteroatoms. The van der Waals surface area contributed by atoms with E-state index >= 15 is 0 Å². The van der Waals surface area contributed by atoms with Gasteiger partial charge in [-0.15, -0.1) is 0 Å². The SMILES string of the molecule is CC(C)[C@@H]1[C@@H](C(=O)NCc2cccc(-n3cncn3)c2)CCN1C(=O)OC(C)(C)C. The summed E-state index contributed by atoms with van der Waals surface area (Å²) >= 11 is 0. The van der Waals surface area contributed by atoms with E-state index in [1.165, 1.54) is 6.33 Å². The van der Waals surface area contributed by atoms with Crippen LogP contribution in [0.4, 0.5) is 4.79 Å². The molecular weight excluding hydrogens is 382 g/mol. The van der Waals surface area contributed by atoms with Crippen molar-refractivity contribution in [1.29, 1.82) is 0 Å². The Morgan fingerprint density at radius 3 is 2.70 bits per heavy atom. The maximum Gasteiger partial charge on any atom is 0.410 e. The van der Waals surface area contributed by atoms with Gasteiger partial charge in [-0.05, 0) is 50.8 Å². The fourth-order valence-electron chi connectivity index (χ4n) is 3.93. The second kappa shape index (κ2) is 8.85. The molecule has 162 valence electrons. The molecule has 1 N–H and O–H groups in total. The summed E-state index contributed by atoms with van der Waals surface area (Å²) in [6.07, 6.45) is 3.40. The topological polar surface area (TPSA) is 89.4 Å². The lowest BCUT2D eigenvalue weighted by molar-refractivity contribution is -0.126. The highest BCUT2D eigenvalue weighted by atomic mass is 16.6. The summed E-state index contributed by atoms with van der Waals surface area (Å²) < 4.78 is 7.23. The van der Waals surface area contributed by atoms with E-state index in [2.05, 4.69) is 15.4 Å². The van der Waals surface area contributed by atoms with Crippen LogP contribution in [0, 0.1) is 11.8 Å². The molecule has 2 atom stereocenters. The molecule has 0 saturated carbocycles. The van der Waals surface area contributed by atoms with Gasteiger partial charge < -0.3 is 15.0 Å². The van der Waals surface area contributed by atoms with Crippen LogP contribution < -0.4 is 5.32 Å². The number of amides is 2. The van der Waals surface area contributed by atoms with Crippen molar-refractivity contribution >= 4 is 12.0 Å². The fourth-order valence-corrected chi connectivity index (χ4v) is 3.93. The van der Waals surface area contributed by atoms with Gasteiger partial charge in [0.15, 0.2) is 0 Å².